The number of carbonyl (C=O) groups is 2. The van der Waals surface area contributed by atoms with Crippen LogP contribution < -0.4 is 14.8 Å². The lowest BCUT2D eigenvalue weighted by atomic mass is 9.88. The van der Waals surface area contributed by atoms with Gasteiger partial charge in [0.05, 0.1) is 24.7 Å². The van der Waals surface area contributed by atoms with Crippen LogP contribution in [0.3, 0.4) is 0 Å². The third-order valence-electron chi connectivity index (χ3n) is 9.27. The van der Waals surface area contributed by atoms with E-state index in [4.69, 9.17) is 4.42 Å². The summed E-state index contributed by atoms with van der Waals surface area (Å²) in [6, 6.07) is 17.5. The SMILES string of the molecule is CCCCCC(=O)c1ccc(C(=O)O)c(-c2c3ccc(=[N+]4CCN(C)CC4)cc-3oc3cc(N4CCN(C)CC4)ccc23)c1. The Balaban J connectivity index is 1.56. The summed E-state index contributed by atoms with van der Waals surface area (Å²) in [6.07, 6.45) is 3.31. The number of hydrogen-bond acceptors (Lipinski definition) is 6. The molecular weight excluding hydrogens is 552 g/mol. The highest BCUT2D eigenvalue weighted by Crippen LogP contribution is 2.42. The molecule has 4 aliphatic rings. The van der Waals surface area contributed by atoms with Crippen LogP contribution in [-0.4, -0.2) is 93.1 Å². The maximum atomic E-state index is 13.2. The first-order valence-corrected chi connectivity index (χ1v) is 15.9. The zero-order valence-corrected chi connectivity index (χ0v) is 26.1. The molecule has 8 heteroatoms. The number of aromatic carboxylic acids is 1. The number of nitrogens with zero attached hydrogens (tertiary/aromatic N) is 4. The molecule has 0 spiro atoms. The lowest BCUT2D eigenvalue weighted by Gasteiger charge is -2.34. The van der Waals surface area contributed by atoms with Crippen LogP contribution in [0.1, 0.15) is 53.3 Å². The highest BCUT2D eigenvalue weighted by atomic mass is 16.4. The predicted molar refractivity (Wildman–Crippen MR) is 176 cm³/mol. The maximum Gasteiger partial charge on any atom is 0.336 e. The van der Waals surface area contributed by atoms with Crippen LogP contribution in [0.2, 0.25) is 0 Å². The average Bonchev–Trinajstić information content (AvgIpc) is 3.03. The zero-order chi connectivity index (χ0) is 30.8. The minimum absolute atomic E-state index is 0.0422. The molecule has 230 valence electrons. The molecule has 0 aromatic heterocycles. The molecule has 0 unspecified atom stereocenters. The number of carboxylic acids is 1. The fourth-order valence-corrected chi connectivity index (χ4v) is 6.47. The van der Waals surface area contributed by atoms with E-state index in [0.29, 0.717) is 28.9 Å². The van der Waals surface area contributed by atoms with Crippen molar-refractivity contribution in [1.29, 1.82) is 0 Å². The molecule has 3 aliphatic heterocycles. The highest BCUT2D eigenvalue weighted by Gasteiger charge is 2.25. The minimum Gasteiger partial charge on any atom is -0.478 e. The number of Topliss-reactive ketones (excluding diaryl/α,β-unsaturated/α-hetero) is 1. The number of carbonyl (C=O) groups excluding carboxylic acids is 1. The molecule has 3 heterocycles. The number of carboxylic acid groups (broad SMARTS) is 1. The Labute approximate surface area is 259 Å². The van der Waals surface area contributed by atoms with E-state index in [9.17, 15) is 14.7 Å². The summed E-state index contributed by atoms with van der Waals surface area (Å²) >= 11 is 0. The van der Waals surface area contributed by atoms with E-state index in [-0.39, 0.29) is 11.3 Å². The van der Waals surface area contributed by atoms with Gasteiger partial charge in [-0.15, -0.1) is 0 Å². The van der Waals surface area contributed by atoms with Gasteiger partial charge in [-0.1, -0.05) is 25.8 Å². The summed E-state index contributed by atoms with van der Waals surface area (Å²) in [5, 5.41) is 12.2. The van der Waals surface area contributed by atoms with E-state index in [1.807, 2.05) is 0 Å². The predicted octanol–water partition coefficient (Wildman–Crippen LogP) is 5.14. The number of ketones is 1. The summed E-state index contributed by atoms with van der Waals surface area (Å²) < 4.78 is 9.04. The zero-order valence-electron chi connectivity index (χ0n) is 26.1. The molecule has 0 amide bonds. The Morgan fingerprint density at radius 1 is 0.841 bits per heavy atom. The van der Waals surface area contributed by atoms with Crippen LogP contribution >= 0.6 is 0 Å². The Morgan fingerprint density at radius 3 is 2.32 bits per heavy atom. The fraction of sp³-hybridized carbons (Fsp3) is 0.417. The van der Waals surface area contributed by atoms with Crippen molar-refractivity contribution in [1.82, 2.24) is 14.4 Å². The molecule has 0 bridgehead atoms. The standard InChI is InChI=1S/C36H42N4O4/c1-4-5-6-7-32(41)25-8-11-28(36(42)43)31(22-25)35-29-12-9-26(39-18-14-37(2)15-19-39)23-33(29)44-34-24-27(10-13-30(34)35)40-20-16-38(3)17-21-40/h8-13,22-24H,4-7,14-21H2,1-3H3/p+1. The van der Waals surface area contributed by atoms with Crippen molar-refractivity contribution in [2.24, 2.45) is 0 Å². The van der Waals surface area contributed by atoms with Gasteiger partial charge in [-0.2, -0.15) is 0 Å². The summed E-state index contributed by atoms with van der Waals surface area (Å²) in [5.41, 5.74) is 4.69. The van der Waals surface area contributed by atoms with E-state index >= 15 is 0 Å². The number of unbranched alkanes of at least 4 members (excludes halogenated alkanes) is 2. The number of anilines is 1. The Kier molecular flexibility index (Phi) is 8.82. The van der Waals surface area contributed by atoms with Gasteiger partial charge in [0, 0.05) is 72.5 Å². The van der Waals surface area contributed by atoms with Crippen molar-refractivity contribution < 1.29 is 19.1 Å². The van der Waals surface area contributed by atoms with Crippen LogP contribution in [0, 0.1) is 0 Å². The Bertz CT molecular complexity index is 1720. The Hall–Kier alpha value is -4.01. The van der Waals surface area contributed by atoms with Gasteiger partial charge in [-0.25, -0.2) is 9.37 Å². The second-order valence-electron chi connectivity index (χ2n) is 12.4. The van der Waals surface area contributed by atoms with E-state index in [1.165, 1.54) is 0 Å². The van der Waals surface area contributed by atoms with E-state index in [2.05, 4.69) is 76.7 Å². The normalized spacial score (nSPS) is 16.6. The maximum absolute atomic E-state index is 13.2. The van der Waals surface area contributed by atoms with E-state index in [1.54, 1.807) is 18.2 Å². The van der Waals surface area contributed by atoms with Gasteiger partial charge in [-0.3, -0.25) is 9.69 Å². The van der Waals surface area contributed by atoms with Crippen molar-refractivity contribution in [2.75, 3.05) is 71.4 Å². The van der Waals surface area contributed by atoms with Crippen molar-refractivity contribution in [3.8, 4) is 22.5 Å². The van der Waals surface area contributed by atoms with Gasteiger partial charge in [0.25, 0.3) is 0 Å². The first kappa shape index (κ1) is 30.0. The molecular formula is C36H43N4O4+. The van der Waals surface area contributed by atoms with Crippen molar-refractivity contribution >= 4 is 28.4 Å². The van der Waals surface area contributed by atoms with Crippen LogP contribution in [0.25, 0.3) is 33.4 Å². The van der Waals surface area contributed by atoms with Crippen molar-refractivity contribution in [3.05, 3.63) is 71.1 Å². The van der Waals surface area contributed by atoms with Crippen LogP contribution in [-0.2, 0) is 0 Å². The molecule has 1 aliphatic carbocycles. The second-order valence-corrected chi connectivity index (χ2v) is 12.4. The molecule has 44 heavy (non-hydrogen) atoms. The Morgan fingerprint density at radius 2 is 1.59 bits per heavy atom. The topological polar surface area (TPSA) is 80.2 Å². The second kappa shape index (κ2) is 12.9. The molecule has 0 saturated carbocycles. The smallest absolute Gasteiger partial charge is 0.336 e. The van der Waals surface area contributed by atoms with Gasteiger partial charge < -0.3 is 19.3 Å². The van der Waals surface area contributed by atoms with Gasteiger partial charge in [0.1, 0.15) is 11.3 Å². The molecule has 6 rings (SSSR count). The highest BCUT2D eigenvalue weighted by molar-refractivity contribution is 6.09. The lowest BCUT2D eigenvalue weighted by Crippen LogP contribution is -2.46. The van der Waals surface area contributed by atoms with Crippen LogP contribution in [0.4, 0.5) is 5.69 Å². The number of benzene rings is 3. The van der Waals surface area contributed by atoms with Crippen LogP contribution in [0.15, 0.2) is 59.0 Å². The number of likely N-dealkylation sites (N-methyl/N-ethyl adjacent to an activating group) is 2. The fourth-order valence-electron chi connectivity index (χ4n) is 6.47. The summed E-state index contributed by atoms with van der Waals surface area (Å²) in [4.78, 5) is 32.9. The van der Waals surface area contributed by atoms with Crippen molar-refractivity contribution in [2.45, 2.75) is 32.6 Å². The van der Waals surface area contributed by atoms with Gasteiger partial charge in [0.15, 0.2) is 18.9 Å². The monoisotopic (exact) mass is 595 g/mol. The molecule has 8 nitrogen and oxygen atoms in total. The van der Waals surface area contributed by atoms with Crippen LogP contribution in [0.5, 0.6) is 0 Å². The third-order valence-corrected chi connectivity index (χ3v) is 9.27. The molecule has 2 saturated heterocycles. The van der Waals surface area contributed by atoms with E-state index in [0.717, 1.165) is 99.2 Å². The van der Waals surface area contributed by atoms with Crippen molar-refractivity contribution in [3.63, 3.8) is 0 Å². The quantitative estimate of drug-likeness (QED) is 0.131. The lowest BCUT2D eigenvalue weighted by molar-refractivity contribution is 0.0697. The molecule has 2 aromatic rings. The van der Waals surface area contributed by atoms with E-state index < -0.39 is 5.97 Å². The first-order chi connectivity index (χ1) is 21.3. The number of hydrogen-bond donors (Lipinski definition) is 1. The number of fused-ring (bicyclic) bond motifs is 2. The summed E-state index contributed by atoms with van der Waals surface area (Å²) in [6.45, 7) is 9.82. The first-order valence-electron chi connectivity index (χ1n) is 15.9. The summed E-state index contributed by atoms with van der Waals surface area (Å²) in [7, 11) is 4.29. The van der Waals surface area contributed by atoms with Gasteiger partial charge in [0.2, 0.25) is 5.36 Å². The molecule has 2 aromatic carbocycles. The summed E-state index contributed by atoms with van der Waals surface area (Å²) in [5.74, 6) is -0.272. The molecule has 0 radical (unpaired) electrons. The largest absolute Gasteiger partial charge is 0.478 e. The molecule has 2 fully saturated rings. The third kappa shape index (κ3) is 6.14. The average molecular weight is 596 g/mol. The van der Waals surface area contributed by atoms with Gasteiger partial charge in [-0.05, 0) is 56.4 Å². The number of rotatable bonds is 8. The molecule has 0 atom stereocenters. The minimum atomic E-state index is -1.02. The number of piperazine rings is 2. The van der Waals surface area contributed by atoms with Gasteiger partial charge >= 0.3 is 5.97 Å². The molecule has 1 N–H and O–H groups in total.